The van der Waals surface area contributed by atoms with Gasteiger partial charge in [0.1, 0.15) is 37.0 Å². The second-order valence-electron chi connectivity index (χ2n) is 21.1. The number of halogens is 3. The minimum absolute atomic E-state index is 0.0244. The lowest BCUT2D eigenvalue weighted by molar-refractivity contribution is -0.120. The third kappa shape index (κ3) is 14.5. The zero-order valence-corrected chi connectivity index (χ0v) is 52.6. The van der Waals surface area contributed by atoms with Gasteiger partial charge in [-0.05, 0) is 193 Å². The summed E-state index contributed by atoms with van der Waals surface area (Å²) in [6.45, 7) is 11.7. The summed E-state index contributed by atoms with van der Waals surface area (Å²) in [6, 6.07) is 26.5. The Balaban J connectivity index is 0.000000129. The highest BCUT2D eigenvalue weighted by molar-refractivity contribution is 9.11. The number of aromatic nitrogens is 16. The van der Waals surface area contributed by atoms with E-state index in [1.807, 2.05) is 100 Å². The van der Waals surface area contributed by atoms with Crippen molar-refractivity contribution in [3.63, 3.8) is 0 Å². The molecule has 12 heterocycles. The first-order chi connectivity index (χ1) is 42.2. The third-order valence-corrected chi connectivity index (χ3v) is 16.0. The fraction of sp³-hybridized carbons (Fsp3) is 0.291. The average Bonchev–Trinajstić information content (AvgIpc) is 2.11. The molecule has 0 aliphatic carbocycles. The number of carbonyl (C=O) groups excluding carboxylic acids is 4. The molecule has 3 fully saturated rings. The molecule has 0 spiro atoms. The van der Waals surface area contributed by atoms with Crippen molar-refractivity contribution in [2.75, 3.05) is 28.6 Å². The van der Waals surface area contributed by atoms with Gasteiger partial charge in [-0.25, -0.2) is 29.5 Å². The summed E-state index contributed by atoms with van der Waals surface area (Å²) in [5, 5.41) is 38.1. The maximum atomic E-state index is 12.3. The molecule has 0 unspecified atom stereocenters. The molecule has 452 valence electrons. The lowest BCUT2D eigenvalue weighted by atomic mass is 9.80. The molecule has 4 amide bonds. The summed E-state index contributed by atoms with van der Waals surface area (Å²) < 4.78 is 30.1. The molecule has 4 N–H and O–H groups in total. The topological polar surface area (TPSA) is 344 Å². The molecule has 14 rings (SSSR count). The SMILES string of the molecule is Brc1ccc(-n2cnnn2)nc1.CC(=O)NC[C@@H]1OC(=O)N2c3ccc(-c4ccc(-n5cnnn5)nc4)cc3C[C@@H]12.CC(=O)NC[C@@H]1OC(=O)N2c3ccc(Br)cc3C[C@@H]12.CC1(C)OB(c2ccc(-n3cnnn3)nc2)OC1(C)C.Nc1ccc(Br)cn1. The largest absolute Gasteiger partial charge is 0.496 e. The van der Waals surface area contributed by atoms with Crippen LogP contribution in [-0.2, 0) is 41.2 Å². The normalized spacial score (nSPS) is 18.4. The van der Waals surface area contributed by atoms with Crippen molar-refractivity contribution in [2.24, 2.45) is 0 Å². The number of nitrogens with zero attached hydrogens (tertiary/aromatic N) is 18. The van der Waals surface area contributed by atoms with E-state index in [0.717, 1.165) is 58.9 Å². The molecule has 0 bridgehead atoms. The number of cyclic esters (lactones) is 2. The Bertz CT molecular complexity index is 3840. The Hall–Kier alpha value is -9.05. The van der Waals surface area contributed by atoms with Gasteiger partial charge in [0.15, 0.2) is 17.5 Å². The van der Waals surface area contributed by atoms with Gasteiger partial charge in [-0.2, -0.15) is 14.0 Å². The highest BCUT2D eigenvalue weighted by atomic mass is 79.9. The van der Waals surface area contributed by atoms with Crippen molar-refractivity contribution in [1.82, 2.24) is 91.2 Å². The van der Waals surface area contributed by atoms with Crippen LogP contribution in [0.15, 0.2) is 142 Å². The molecule has 2 aromatic carbocycles. The Morgan fingerprint density at radius 3 is 1.43 bits per heavy atom. The van der Waals surface area contributed by atoms with Gasteiger partial charge in [0.2, 0.25) is 11.8 Å². The van der Waals surface area contributed by atoms with Crippen molar-refractivity contribution in [3.05, 3.63) is 153 Å². The van der Waals surface area contributed by atoms with Crippen molar-refractivity contribution >= 4 is 102 Å². The van der Waals surface area contributed by atoms with Gasteiger partial charge in [0.25, 0.3) is 0 Å². The van der Waals surface area contributed by atoms with Gasteiger partial charge in [-0.3, -0.25) is 19.4 Å². The van der Waals surface area contributed by atoms with E-state index in [9.17, 15) is 19.2 Å². The molecule has 88 heavy (non-hydrogen) atoms. The number of hydrogen-bond acceptors (Lipinski definition) is 22. The Labute approximate surface area is 528 Å². The molecule has 0 radical (unpaired) electrons. The summed E-state index contributed by atoms with van der Waals surface area (Å²) in [5.41, 5.74) is 11.4. The summed E-state index contributed by atoms with van der Waals surface area (Å²) in [5.74, 6) is 2.26. The Kier molecular flexibility index (Phi) is 19.0. The number of nitrogens with one attached hydrogen (secondary N) is 2. The van der Waals surface area contributed by atoms with Crippen LogP contribution < -0.4 is 31.6 Å². The molecular formula is C55H55BBr3N21O8. The molecule has 0 saturated carbocycles. The van der Waals surface area contributed by atoms with Crippen molar-refractivity contribution in [2.45, 2.75) is 89.9 Å². The van der Waals surface area contributed by atoms with Crippen LogP contribution in [-0.4, -0.2) is 160 Å². The van der Waals surface area contributed by atoms with Crippen LogP contribution in [0, 0.1) is 0 Å². The molecule has 33 heteroatoms. The molecule has 5 aliphatic rings. The first-order valence-electron chi connectivity index (χ1n) is 27.1. The van der Waals surface area contributed by atoms with E-state index in [4.69, 9.17) is 24.5 Å². The minimum Gasteiger partial charge on any atom is -0.442 e. The van der Waals surface area contributed by atoms with E-state index in [1.165, 1.54) is 46.9 Å². The van der Waals surface area contributed by atoms with Gasteiger partial charge in [0.05, 0.1) is 47.8 Å². The van der Waals surface area contributed by atoms with Gasteiger partial charge in [-0.15, -0.1) is 15.3 Å². The van der Waals surface area contributed by atoms with E-state index >= 15 is 0 Å². The van der Waals surface area contributed by atoms with Crippen LogP contribution >= 0.6 is 47.8 Å². The van der Waals surface area contributed by atoms with Gasteiger partial charge >= 0.3 is 19.3 Å². The number of ether oxygens (including phenoxy) is 2. The van der Waals surface area contributed by atoms with Crippen LogP contribution in [0.3, 0.4) is 0 Å². The lowest BCUT2D eigenvalue weighted by Gasteiger charge is -2.32. The number of carbonyl (C=O) groups is 4. The number of hydrogen-bond donors (Lipinski definition) is 3. The lowest BCUT2D eigenvalue weighted by Crippen LogP contribution is -2.41. The van der Waals surface area contributed by atoms with Crippen LogP contribution in [0.1, 0.15) is 52.7 Å². The molecule has 3 saturated heterocycles. The number of tetrazole rings is 3. The zero-order chi connectivity index (χ0) is 62.3. The number of benzene rings is 2. The van der Waals surface area contributed by atoms with Crippen molar-refractivity contribution in [3.8, 4) is 28.6 Å². The summed E-state index contributed by atoms with van der Waals surface area (Å²) in [4.78, 5) is 66.5. The molecule has 9 aromatic rings. The van der Waals surface area contributed by atoms with Gasteiger partial charge in [-0.1, -0.05) is 28.1 Å². The zero-order valence-electron chi connectivity index (χ0n) is 47.9. The first-order valence-corrected chi connectivity index (χ1v) is 29.4. The Morgan fingerprint density at radius 2 is 1.01 bits per heavy atom. The molecular weight excluding hydrogens is 1330 g/mol. The van der Waals surface area contributed by atoms with Gasteiger partial charge < -0.3 is 35.1 Å². The second-order valence-corrected chi connectivity index (χ2v) is 23.8. The van der Waals surface area contributed by atoms with E-state index < -0.39 is 7.12 Å². The molecule has 5 aliphatic heterocycles. The number of rotatable bonds is 9. The van der Waals surface area contributed by atoms with E-state index in [-0.39, 0.29) is 59.5 Å². The van der Waals surface area contributed by atoms with E-state index in [2.05, 4.69) is 131 Å². The van der Waals surface area contributed by atoms with E-state index in [1.54, 1.807) is 40.7 Å². The van der Waals surface area contributed by atoms with Crippen molar-refractivity contribution < 1.29 is 38.0 Å². The maximum Gasteiger partial charge on any atom is 0.496 e. The standard InChI is InChI=1S/C19H17N7O3.C13H13BrN2O3.C12H16BN5O2.C6H4BrN5.C5H5BrN2/c1-11(27)20-9-17-16-7-14-6-12(2-4-15(14)26(16)19(28)29-17)13-3-5-18(21-8-13)25-10-22-23-24-25;1-7(17)15-6-12-11-5-8-4-9(14)2-3-10(8)16(11)13(18)19-12;1-11(2)12(3,4)20-13(19-11)9-5-6-10(14-7-9)18-8-15-16-17-18;7-5-1-2-6(8-3-5)12-4-9-10-11-12;6-4-1-2-5(7)8-3-4/h2-6,8,10,16-17H,7,9H2,1H3,(H,20,27);2-4,11-12H,5-6H2,1H3,(H,15,17);5-8H,1-4H3;1-4H;1-3H,(H2,7,8)/t16-,17-;11-,12-;;;/m00.../s1. The smallest absolute Gasteiger partial charge is 0.442 e. The van der Waals surface area contributed by atoms with Crippen LogP contribution in [0.4, 0.5) is 26.8 Å². The highest BCUT2D eigenvalue weighted by Gasteiger charge is 2.52. The Morgan fingerprint density at radius 1 is 0.568 bits per heavy atom. The number of pyridine rings is 4. The highest BCUT2D eigenvalue weighted by Crippen LogP contribution is 2.42. The second kappa shape index (κ2) is 26.9. The third-order valence-electron chi connectivity index (χ3n) is 14.6. The number of anilines is 3. The number of fused-ring (bicyclic) bond motifs is 6. The number of nitrogens with two attached hydrogens (primary N) is 1. The first kappa shape index (κ1) is 62.0. The number of amides is 4. The quantitative estimate of drug-likeness (QED) is 0.149. The molecule has 4 atom stereocenters. The monoisotopic (exact) mass is 1390 g/mol. The van der Waals surface area contributed by atoms with Crippen LogP contribution in [0.5, 0.6) is 0 Å². The predicted octanol–water partition coefficient (Wildman–Crippen LogP) is 5.55. The number of nitrogen functional groups attached to an aromatic ring is 1. The minimum atomic E-state index is -0.407. The average molecular weight is 1390 g/mol. The fourth-order valence-corrected chi connectivity index (χ4v) is 10.5. The van der Waals surface area contributed by atoms with Crippen LogP contribution in [0.2, 0.25) is 0 Å². The van der Waals surface area contributed by atoms with E-state index in [0.29, 0.717) is 42.8 Å². The summed E-state index contributed by atoms with van der Waals surface area (Å²) in [7, 11) is -0.407. The van der Waals surface area contributed by atoms with Crippen LogP contribution in [0.25, 0.3) is 28.6 Å². The summed E-state index contributed by atoms with van der Waals surface area (Å²) >= 11 is 9.95. The van der Waals surface area contributed by atoms with Crippen molar-refractivity contribution in [1.29, 1.82) is 0 Å². The summed E-state index contributed by atoms with van der Waals surface area (Å²) in [6.07, 6.45) is 11.4. The molecule has 7 aromatic heterocycles. The predicted molar refractivity (Wildman–Crippen MR) is 328 cm³/mol. The fourth-order valence-electron chi connectivity index (χ4n) is 9.58. The molecule has 29 nitrogen and oxygen atoms in total. The maximum absolute atomic E-state index is 12.3. The van der Waals surface area contributed by atoms with Gasteiger partial charge in [0, 0.05) is 63.1 Å².